The summed E-state index contributed by atoms with van der Waals surface area (Å²) < 4.78 is 42.2. The second kappa shape index (κ2) is 7.85. The van der Waals surface area contributed by atoms with Crippen LogP contribution in [0.4, 0.5) is 19.0 Å². The standard InChI is InChI=1S/C19H14Cl2F3N5OS/c1-9-6-15(26-29(9)8-11-12(20)4-3-5-13(11)21)25-17(30)14-7-10-16(19(22,23)24)27-28(2)18(10)31-14/h3-7H,8H2,1-2H3,(H,25,26,30). The lowest BCUT2D eigenvalue weighted by molar-refractivity contribution is -0.140. The minimum atomic E-state index is -4.61. The zero-order valence-corrected chi connectivity index (χ0v) is 18.4. The van der Waals surface area contributed by atoms with E-state index in [0.717, 1.165) is 21.7 Å². The van der Waals surface area contributed by atoms with E-state index in [9.17, 15) is 18.0 Å². The zero-order valence-electron chi connectivity index (χ0n) is 16.1. The highest BCUT2D eigenvalue weighted by atomic mass is 35.5. The first kappa shape index (κ1) is 21.7. The van der Waals surface area contributed by atoms with Crippen molar-refractivity contribution in [3.05, 3.63) is 62.2 Å². The van der Waals surface area contributed by atoms with E-state index in [1.807, 2.05) is 0 Å². The van der Waals surface area contributed by atoms with Crippen LogP contribution < -0.4 is 5.32 Å². The van der Waals surface area contributed by atoms with Gasteiger partial charge in [0.2, 0.25) is 0 Å². The molecule has 0 saturated carbocycles. The van der Waals surface area contributed by atoms with Crippen molar-refractivity contribution in [1.82, 2.24) is 19.6 Å². The molecule has 0 fully saturated rings. The van der Waals surface area contributed by atoms with E-state index < -0.39 is 17.8 Å². The molecule has 1 N–H and O–H groups in total. The number of fused-ring (bicyclic) bond motifs is 1. The van der Waals surface area contributed by atoms with Gasteiger partial charge in [0.05, 0.1) is 11.4 Å². The Hall–Kier alpha value is -2.56. The monoisotopic (exact) mass is 487 g/mol. The number of alkyl halides is 3. The smallest absolute Gasteiger partial charge is 0.304 e. The molecule has 0 aliphatic carbocycles. The number of nitrogens with zero attached hydrogens (tertiary/aromatic N) is 4. The van der Waals surface area contributed by atoms with Crippen molar-refractivity contribution in [3.63, 3.8) is 0 Å². The highest BCUT2D eigenvalue weighted by molar-refractivity contribution is 7.20. The van der Waals surface area contributed by atoms with Gasteiger partial charge in [0, 0.05) is 39.8 Å². The van der Waals surface area contributed by atoms with Gasteiger partial charge in [0.25, 0.3) is 5.91 Å². The molecule has 162 valence electrons. The Balaban J connectivity index is 1.58. The minimum Gasteiger partial charge on any atom is -0.304 e. The number of rotatable bonds is 4. The average molecular weight is 488 g/mol. The molecule has 0 atom stereocenters. The SMILES string of the molecule is Cc1cc(NC(=O)c2cc3c(C(F)(F)F)nn(C)c3s2)nn1Cc1c(Cl)cccc1Cl. The third kappa shape index (κ3) is 4.15. The van der Waals surface area contributed by atoms with Gasteiger partial charge < -0.3 is 5.32 Å². The second-order valence-corrected chi connectivity index (χ2v) is 8.63. The summed E-state index contributed by atoms with van der Waals surface area (Å²) in [6.45, 7) is 2.10. The molecule has 0 aliphatic heterocycles. The Morgan fingerprint density at radius 2 is 1.87 bits per heavy atom. The molecule has 0 bridgehead atoms. The first-order valence-corrected chi connectivity index (χ1v) is 10.4. The lowest BCUT2D eigenvalue weighted by Crippen LogP contribution is -2.12. The predicted molar refractivity (Wildman–Crippen MR) is 114 cm³/mol. The van der Waals surface area contributed by atoms with Gasteiger partial charge in [0.1, 0.15) is 4.83 Å². The molecule has 1 aromatic carbocycles. The molecule has 4 rings (SSSR count). The molecule has 0 saturated heterocycles. The molecule has 12 heteroatoms. The molecular formula is C19H14Cl2F3N5OS. The normalized spacial score (nSPS) is 12.0. The summed E-state index contributed by atoms with van der Waals surface area (Å²) in [5.41, 5.74) is 0.412. The molecule has 31 heavy (non-hydrogen) atoms. The Morgan fingerprint density at radius 3 is 2.52 bits per heavy atom. The van der Waals surface area contributed by atoms with E-state index in [4.69, 9.17) is 23.2 Å². The summed E-state index contributed by atoms with van der Waals surface area (Å²) in [4.78, 5) is 13.0. The predicted octanol–water partition coefficient (Wildman–Crippen LogP) is 5.77. The maximum absolute atomic E-state index is 13.2. The first-order chi connectivity index (χ1) is 14.5. The highest BCUT2D eigenvalue weighted by Gasteiger charge is 2.37. The number of aryl methyl sites for hydroxylation is 2. The second-order valence-electron chi connectivity index (χ2n) is 6.78. The maximum atomic E-state index is 13.2. The number of aromatic nitrogens is 4. The number of nitrogens with one attached hydrogen (secondary N) is 1. The minimum absolute atomic E-state index is 0.111. The van der Waals surface area contributed by atoms with Crippen molar-refractivity contribution in [3.8, 4) is 0 Å². The topological polar surface area (TPSA) is 64.7 Å². The van der Waals surface area contributed by atoms with Gasteiger partial charge in [-0.15, -0.1) is 11.3 Å². The fraction of sp³-hybridized carbons (Fsp3) is 0.211. The van der Waals surface area contributed by atoms with Crippen molar-refractivity contribution >= 4 is 56.5 Å². The van der Waals surface area contributed by atoms with Crippen LogP contribution in [0.3, 0.4) is 0 Å². The van der Waals surface area contributed by atoms with E-state index in [1.54, 1.807) is 35.9 Å². The Bertz CT molecular complexity index is 1290. The lowest BCUT2D eigenvalue weighted by atomic mass is 10.2. The van der Waals surface area contributed by atoms with Crippen LogP contribution in [0.25, 0.3) is 10.2 Å². The van der Waals surface area contributed by atoms with Gasteiger partial charge in [-0.25, -0.2) is 0 Å². The molecule has 4 aromatic rings. The van der Waals surface area contributed by atoms with Crippen LogP contribution in [0.2, 0.25) is 10.0 Å². The van der Waals surface area contributed by atoms with Crippen LogP contribution in [-0.4, -0.2) is 25.5 Å². The summed E-state index contributed by atoms with van der Waals surface area (Å²) in [6.07, 6.45) is -4.61. The van der Waals surface area contributed by atoms with E-state index in [0.29, 0.717) is 22.2 Å². The van der Waals surface area contributed by atoms with E-state index in [1.165, 1.54) is 13.1 Å². The van der Waals surface area contributed by atoms with Gasteiger partial charge >= 0.3 is 6.18 Å². The van der Waals surface area contributed by atoms with Crippen molar-refractivity contribution in [1.29, 1.82) is 0 Å². The quantitative estimate of drug-likeness (QED) is 0.397. The Morgan fingerprint density at radius 1 is 1.19 bits per heavy atom. The van der Waals surface area contributed by atoms with E-state index >= 15 is 0 Å². The van der Waals surface area contributed by atoms with E-state index in [2.05, 4.69) is 15.5 Å². The van der Waals surface area contributed by atoms with Gasteiger partial charge in [0.15, 0.2) is 11.5 Å². The van der Waals surface area contributed by atoms with Crippen LogP contribution in [-0.2, 0) is 19.8 Å². The number of carbonyl (C=O) groups is 1. The number of benzene rings is 1. The summed E-state index contributed by atoms with van der Waals surface area (Å²) in [5, 5.41) is 11.4. The fourth-order valence-electron chi connectivity index (χ4n) is 3.10. The number of hydrogen-bond acceptors (Lipinski definition) is 4. The van der Waals surface area contributed by atoms with Crippen LogP contribution in [0, 0.1) is 6.92 Å². The number of hydrogen-bond donors (Lipinski definition) is 1. The Kier molecular flexibility index (Phi) is 5.48. The number of carbonyl (C=O) groups excluding carboxylic acids is 1. The molecule has 3 heterocycles. The van der Waals surface area contributed by atoms with Gasteiger partial charge in [-0.1, -0.05) is 29.3 Å². The lowest BCUT2D eigenvalue weighted by Gasteiger charge is -2.08. The molecule has 0 unspecified atom stereocenters. The summed E-state index contributed by atoms with van der Waals surface area (Å²) >= 11 is 13.3. The van der Waals surface area contributed by atoms with Gasteiger partial charge in [-0.05, 0) is 25.1 Å². The van der Waals surface area contributed by atoms with Crippen LogP contribution in [0.15, 0.2) is 30.3 Å². The Labute approximate surface area is 188 Å². The van der Waals surface area contributed by atoms with Crippen molar-refractivity contribution in [2.24, 2.45) is 7.05 Å². The number of amides is 1. The molecule has 0 radical (unpaired) electrons. The van der Waals surface area contributed by atoms with E-state index in [-0.39, 0.29) is 20.9 Å². The number of halogens is 5. The average Bonchev–Trinajstić information content (AvgIpc) is 3.33. The fourth-order valence-corrected chi connectivity index (χ4v) is 4.59. The highest BCUT2D eigenvalue weighted by Crippen LogP contribution is 2.37. The largest absolute Gasteiger partial charge is 0.435 e. The summed E-state index contributed by atoms with van der Waals surface area (Å²) in [6, 6.07) is 8.02. The summed E-state index contributed by atoms with van der Waals surface area (Å²) in [5.74, 6) is -0.299. The number of thiophene rings is 1. The van der Waals surface area contributed by atoms with Crippen LogP contribution >= 0.6 is 34.5 Å². The molecule has 3 aromatic heterocycles. The van der Waals surface area contributed by atoms with Crippen LogP contribution in [0.5, 0.6) is 0 Å². The third-order valence-electron chi connectivity index (χ3n) is 4.60. The molecule has 0 spiro atoms. The van der Waals surface area contributed by atoms with Crippen molar-refractivity contribution < 1.29 is 18.0 Å². The molecular weight excluding hydrogens is 474 g/mol. The zero-order chi connectivity index (χ0) is 22.5. The van der Waals surface area contributed by atoms with Crippen molar-refractivity contribution in [2.45, 2.75) is 19.6 Å². The summed E-state index contributed by atoms with van der Waals surface area (Å²) in [7, 11) is 1.40. The first-order valence-electron chi connectivity index (χ1n) is 8.87. The molecule has 1 amide bonds. The number of anilines is 1. The maximum Gasteiger partial charge on any atom is 0.435 e. The molecule has 0 aliphatic rings. The van der Waals surface area contributed by atoms with Crippen molar-refractivity contribution in [2.75, 3.05) is 5.32 Å². The van der Waals surface area contributed by atoms with Crippen LogP contribution in [0.1, 0.15) is 26.6 Å². The molecule has 6 nitrogen and oxygen atoms in total. The van der Waals surface area contributed by atoms with Gasteiger partial charge in [-0.3, -0.25) is 14.2 Å². The third-order valence-corrected chi connectivity index (χ3v) is 6.51. The van der Waals surface area contributed by atoms with Gasteiger partial charge in [-0.2, -0.15) is 23.4 Å².